The number of pyridine rings is 1. The van der Waals surface area contributed by atoms with Crippen LogP contribution in [0.15, 0.2) is 18.5 Å². The molecular formula is C11H9N5O4. The van der Waals surface area contributed by atoms with E-state index in [4.69, 9.17) is 4.74 Å². The van der Waals surface area contributed by atoms with Crippen LogP contribution in [-0.4, -0.2) is 37.1 Å². The van der Waals surface area contributed by atoms with Gasteiger partial charge in [0, 0.05) is 5.39 Å². The molecule has 0 bridgehead atoms. The van der Waals surface area contributed by atoms with Gasteiger partial charge in [-0.25, -0.2) is 4.79 Å². The number of aromatic nitrogens is 4. The van der Waals surface area contributed by atoms with Crippen molar-refractivity contribution in [1.82, 2.24) is 19.6 Å². The summed E-state index contributed by atoms with van der Waals surface area (Å²) >= 11 is 0. The minimum Gasteiger partial charge on any atom is -0.461 e. The Kier molecular flexibility index (Phi) is 2.60. The fraction of sp³-hybridized carbons (Fsp3) is 0.182. The van der Waals surface area contributed by atoms with Crippen molar-refractivity contribution in [3.63, 3.8) is 0 Å². The molecule has 102 valence electrons. The van der Waals surface area contributed by atoms with Gasteiger partial charge in [0.05, 0.1) is 19.0 Å². The maximum absolute atomic E-state index is 11.8. The van der Waals surface area contributed by atoms with E-state index in [9.17, 15) is 14.9 Å². The molecular weight excluding hydrogens is 266 g/mol. The van der Waals surface area contributed by atoms with E-state index < -0.39 is 16.7 Å². The monoisotopic (exact) mass is 275 g/mol. The number of carbonyl (C=O) groups is 1. The molecule has 3 aromatic rings. The first-order valence-corrected chi connectivity index (χ1v) is 5.79. The number of hydrogen-bond acceptors (Lipinski definition) is 6. The van der Waals surface area contributed by atoms with E-state index in [1.807, 2.05) is 0 Å². The van der Waals surface area contributed by atoms with Crippen LogP contribution in [-0.2, 0) is 4.74 Å². The number of nitro groups is 1. The zero-order valence-electron chi connectivity index (χ0n) is 10.4. The first-order valence-electron chi connectivity index (χ1n) is 5.79. The van der Waals surface area contributed by atoms with E-state index in [-0.39, 0.29) is 17.9 Å². The van der Waals surface area contributed by atoms with Crippen LogP contribution in [0.3, 0.4) is 0 Å². The molecule has 3 aromatic heterocycles. The summed E-state index contributed by atoms with van der Waals surface area (Å²) < 4.78 is 6.03. The highest BCUT2D eigenvalue weighted by atomic mass is 16.6. The number of H-pyrrole nitrogens is 1. The van der Waals surface area contributed by atoms with Crippen LogP contribution in [0.1, 0.15) is 17.4 Å². The smallest absolute Gasteiger partial charge is 0.365 e. The van der Waals surface area contributed by atoms with Gasteiger partial charge in [-0.3, -0.25) is 5.10 Å². The van der Waals surface area contributed by atoms with Crippen LogP contribution in [0.4, 0.5) is 5.82 Å². The van der Waals surface area contributed by atoms with Gasteiger partial charge in [-0.05, 0) is 17.9 Å². The molecule has 0 saturated carbocycles. The molecule has 0 aliphatic carbocycles. The van der Waals surface area contributed by atoms with E-state index in [1.165, 1.54) is 10.6 Å². The van der Waals surface area contributed by atoms with Crippen molar-refractivity contribution >= 4 is 28.3 Å². The highest BCUT2D eigenvalue weighted by Crippen LogP contribution is 2.25. The molecule has 0 amide bonds. The quantitative estimate of drug-likeness (QED) is 0.437. The second-order valence-electron chi connectivity index (χ2n) is 3.97. The Morgan fingerprint density at radius 1 is 1.60 bits per heavy atom. The van der Waals surface area contributed by atoms with Gasteiger partial charge in [-0.15, -0.1) is 0 Å². The van der Waals surface area contributed by atoms with Crippen LogP contribution < -0.4 is 0 Å². The standard InChI is InChI=1S/C11H9N5O4/c1-2-20-11(17)8-10(16(18)19)15-4-3-6-5-12-14-7(6)9(15)13-8/h3-5H,2H2,1H3,(H,12,14). The first-order chi connectivity index (χ1) is 9.63. The Morgan fingerprint density at radius 3 is 3.10 bits per heavy atom. The van der Waals surface area contributed by atoms with Crippen LogP contribution in [0, 0.1) is 10.1 Å². The summed E-state index contributed by atoms with van der Waals surface area (Å²) in [5.41, 5.74) is 0.458. The molecule has 0 spiro atoms. The molecule has 3 heterocycles. The van der Waals surface area contributed by atoms with Gasteiger partial charge < -0.3 is 14.9 Å². The van der Waals surface area contributed by atoms with E-state index in [2.05, 4.69) is 15.2 Å². The zero-order valence-corrected chi connectivity index (χ0v) is 10.4. The normalized spacial score (nSPS) is 11.1. The highest BCUT2D eigenvalue weighted by Gasteiger charge is 2.30. The number of rotatable bonds is 3. The van der Waals surface area contributed by atoms with E-state index in [0.29, 0.717) is 5.52 Å². The average molecular weight is 275 g/mol. The van der Waals surface area contributed by atoms with Crippen molar-refractivity contribution in [2.45, 2.75) is 6.92 Å². The lowest BCUT2D eigenvalue weighted by atomic mass is 10.3. The third-order valence-corrected chi connectivity index (χ3v) is 2.82. The second kappa shape index (κ2) is 4.30. The highest BCUT2D eigenvalue weighted by molar-refractivity contribution is 5.97. The molecule has 0 aromatic carbocycles. The fourth-order valence-corrected chi connectivity index (χ4v) is 2.01. The number of carbonyl (C=O) groups excluding carboxylic acids is 1. The minimum absolute atomic E-state index is 0.114. The van der Waals surface area contributed by atoms with Crippen molar-refractivity contribution < 1.29 is 14.5 Å². The summed E-state index contributed by atoms with van der Waals surface area (Å²) in [5, 5.41) is 18.5. The summed E-state index contributed by atoms with van der Waals surface area (Å²) in [5.74, 6) is -1.24. The Labute approximate surface area is 111 Å². The third-order valence-electron chi connectivity index (χ3n) is 2.82. The van der Waals surface area contributed by atoms with Crippen LogP contribution in [0.25, 0.3) is 16.6 Å². The maximum atomic E-state index is 11.8. The van der Waals surface area contributed by atoms with E-state index in [1.54, 1.807) is 19.2 Å². The third kappa shape index (κ3) is 1.60. The summed E-state index contributed by atoms with van der Waals surface area (Å²) in [7, 11) is 0. The molecule has 0 unspecified atom stereocenters. The fourth-order valence-electron chi connectivity index (χ4n) is 2.01. The Bertz CT molecular complexity index is 834. The lowest BCUT2D eigenvalue weighted by Crippen LogP contribution is -2.08. The Morgan fingerprint density at radius 2 is 2.40 bits per heavy atom. The average Bonchev–Trinajstić information content (AvgIpc) is 3.01. The van der Waals surface area contributed by atoms with Gasteiger partial charge in [-0.1, -0.05) is 0 Å². The minimum atomic E-state index is -0.824. The number of hydrogen-bond donors (Lipinski definition) is 1. The van der Waals surface area contributed by atoms with Gasteiger partial charge >= 0.3 is 11.8 Å². The predicted octanol–water partition coefficient (Wildman–Crippen LogP) is 1.30. The van der Waals surface area contributed by atoms with E-state index >= 15 is 0 Å². The molecule has 3 rings (SSSR count). The lowest BCUT2D eigenvalue weighted by Gasteiger charge is -1.98. The van der Waals surface area contributed by atoms with Crippen molar-refractivity contribution in [2.24, 2.45) is 0 Å². The number of esters is 1. The van der Waals surface area contributed by atoms with Crippen molar-refractivity contribution in [1.29, 1.82) is 0 Å². The van der Waals surface area contributed by atoms with Crippen LogP contribution >= 0.6 is 0 Å². The second-order valence-corrected chi connectivity index (χ2v) is 3.97. The number of imidazole rings is 1. The van der Waals surface area contributed by atoms with Gasteiger partial charge in [0.25, 0.3) is 5.65 Å². The summed E-state index contributed by atoms with van der Waals surface area (Å²) in [4.78, 5) is 26.3. The molecule has 0 saturated heterocycles. The molecule has 0 fully saturated rings. The van der Waals surface area contributed by atoms with Crippen molar-refractivity contribution in [2.75, 3.05) is 6.61 Å². The molecule has 0 radical (unpaired) electrons. The van der Waals surface area contributed by atoms with Crippen molar-refractivity contribution in [3.05, 3.63) is 34.3 Å². The summed E-state index contributed by atoms with van der Waals surface area (Å²) in [6.45, 7) is 1.73. The van der Waals surface area contributed by atoms with Gasteiger partial charge in [0.15, 0.2) is 0 Å². The Balaban J connectivity index is 2.36. The molecule has 20 heavy (non-hydrogen) atoms. The largest absolute Gasteiger partial charge is 0.461 e. The van der Waals surface area contributed by atoms with Crippen molar-refractivity contribution in [3.8, 4) is 0 Å². The molecule has 0 atom stereocenters. The number of ether oxygens (including phenoxy) is 1. The lowest BCUT2D eigenvalue weighted by molar-refractivity contribution is -0.390. The molecule has 1 N–H and O–H groups in total. The predicted molar refractivity (Wildman–Crippen MR) is 67.5 cm³/mol. The van der Waals surface area contributed by atoms with Gasteiger partial charge in [0.2, 0.25) is 5.69 Å². The van der Waals surface area contributed by atoms with E-state index in [0.717, 1.165) is 5.39 Å². The Hall–Kier alpha value is -2.97. The topological polar surface area (TPSA) is 115 Å². The molecule has 0 aliphatic rings. The SMILES string of the molecule is CCOC(=O)c1nc2c3[nH]ncc3ccn2c1[N+](=O)[O-]. The number of nitrogens with one attached hydrogen (secondary N) is 1. The summed E-state index contributed by atoms with van der Waals surface area (Å²) in [6, 6.07) is 1.65. The zero-order chi connectivity index (χ0) is 14.3. The molecule has 0 aliphatic heterocycles. The molecule has 9 heteroatoms. The number of fused-ring (bicyclic) bond motifs is 3. The van der Waals surface area contributed by atoms with Crippen LogP contribution in [0.2, 0.25) is 0 Å². The molecule has 9 nitrogen and oxygen atoms in total. The van der Waals surface area contributed by atoms with Crippen LogP contribution in [0.5, 0.6) is 0 Å². The number of nitrogens with zero attached hydrogens (tertiary/aromatic N) is 4. The first kappa shape index (κ1) is 12.1. The number of aromatic amines is 1. The van der Waals surface area contributed by atoms with Gasteiger partial charge in [-0.2, -0.15) is 14.5 Å². The summed E-state index contributed by atoms with van der Waals surface area (Å²) in [6.07, 6.45) is 3.04. The van der Waals surface area contributed by atoms with Gasteiger partial charge in [0.1, 0.15) is 5.52 Å². The maximum Gasteiger partial charge on any atom is 0.365 e.